The Kier molecular flexibility index (Phi) is 6.43. The summed E-state index contributed by atoms with van der Waals surface area (Å²) in [6, 6.07) is 19.1. The lowest BCUT2D eigenvalue weighted by molar-refractivity contribution is -0.145. The van der Waals surface area contributed by atoms with Gasteiger partial charge in [-0.3, -0.25) is 9.69 Å². The van der Waals surface area contributed by atoms with Crippen LogP contribution in [0.3, 0.4) is 0 Å². The third kappa shape index (κ3) is 4.61. The molecule has 1 aromatic heterocycles. The molecule has 1 fully saturated rings. The summed E-state index contributed by atoms with van der Waals surface area (Å²) in [6.07, 6.45) is 1.76. The first-order valence-electron chi connectivity index (χ1n) is 9.74. The molecule has 1 amide bonds. The van der Waals surface area contributed by atoms with Crippen LogP contribution in [0.15, 0.2) is 76.1 Å². The Balaban J connectivity index is 1.55. The average molecular weight is 466 g/mol. The molecule has 1 saturated heterocycles. The fourth-order valence-electron chi connectivity index (χ4n) is 3.34. The summed E-state index contributed by atoms with van der Waals surface area (Å²) < 4.78 is 11.2. The number of carbonyl (C=O) groups excluding carboxylic acids is 1. The second kappa shape index (κ2) is 9.42. The topological polar surface area (TPSA) is 80.0 Å². The maximum absolute atomic E-state index is 13.0. The molecule has 1 aliphatic heterocycles. The maximum atomic E-state index is 13.0. The number of aliphatic carboxylic acids is 1. The van der Waals surface area contributed by atoms with Gasteiger partial charge in [0.25, 0.3) is 5.91 Å². The molecule has 0 unspecified atom stereocenters. The highest BCUT2D eigenvalue weighted by molar-refractivity contribution is 8.26. The number of carboxylic acid groups (broad SMARTS) is 1. The van der Waals surface area contributed by atoms with Crippen LogP contribution in [-0.2, 0) is 16.0 Å². The van der Waals surface area contributed by atoms with E-state index in [2.05, 4.69) is 0 Å². The van der Waals surface area contributed by atoms with Crippen LogP contribution in [0.2, 0.25) is 0 Å². The Bertz CT molecular complexity index is 1180. The van der Waals surface area contributed by atoms with E-state index >= 15 is 0 Å². The van der Waals surface area contributed by atoms with Crippen LogP contribution in [0.25, 0.3) is 17.4 Å². The van der Waals surface area contributed by atoms with Crippen molar-refractivity contribution in [2.24, 2.45) is 0 Å². The van der Waals surface area contributed by atoms with Gasteiger partial charge in [0.05, 0.1) is 12.0 Å². The fraction of sp³-hybridized carbons (Fsp3) is 0.125. The molecule has 2 heterocycles. The largest absolute Gasteiger partial charge is 0.497 e. The van der Waals surface area contributed by atoms with Crippen LogP contribution < -0.4 is 4.74 Å². The van der Waals surface area contributed by atoms with Gasteiger partial charge in [-0.2, -0.15) is 0 Å². The maximum Gasteiger partial charge on any atom is 0.327 e. The molecule has 4 rings (SSSR count). The van der Waals surface area contributed by atoms with E-state index in [0.29, 0.717) is 16.4 Å². The van der Waals surface area contributed by atoms with Crippen molar-refractivity contribution in [3.05, 3.63) is 83.0 Å². The summed E-state index contributed by atoms with van der Waals surface area (Å²) in [7, 11) is 1.60. The number of benzene rings is 2. The Hall–Kier alpha value is -3.36. The third-order valence-corrected chi connectivity index (χ3v) is 6.30. The fourth-order valence-corrected chi connectivity index (χ4v) is 4.68. The Morgan fingerprint density at radius 3 is 2.53 bits per heavy atom. The second-order valence-electron chi connectivity index (χ2n) is 7.03. The molecule has 2 aromatic carbocycles. The number of ether oxygens (including phenoxy) is 1. The van der Waals surface area contributed by atoms with Crippen LogP contribution in [0.4, 0.5) is 0 Å². The molecule has 0 bridgehead atoms. The van der Waals surface area contributed by atoms with E-state index in [1.54, 1.807) is 19.3 Å². The minimum absolute atomic E-state index is 0.165. The van der Waals surface area contributed by atoms with Gasteiger partial charge >= 0.3 is 5.97 Å². The number of carboxylic acids is 1. The summed E-state index contributed by atoms with van der Waals surface area (Å²) >= 11 is 6.42. The minimum atomic E-state index is -1.11. The van der Waals surface area contributed by atoms with Gasteiger partial charge in [-0.25, -0.2) is 4.79 Å². The number of nitrogens with zero attached hydrogens (tertiary/aromatic N) is 1. The van der Waals surface area contributed by atoms with Crippen LogP contribution in [0.5, 0.6) is 5.75 Å². The van der Waals surface area contributed by atoms with E-state index in [0.717, 1.165) is 28.6 Å². The van der Waals surface area contributed by atoms with E-state index in [1.165, 1.54) is 4.90 Å². The molecule has 8 heteroatoms. The van der Waals surface area contributed by atoms with E-state index in [4.69, 9.17) is 21.4 Å². The van der Waals surface area contributed by atoms with Gasteiger partial charge in [0.1, 0.15) is 27.6 Å². The minimum Gasteiger partial charge on any atom is -0.497 e. The number of amides is 1. The predicted octanol–water partition coefficient (Wildman–Crippen LogP) is 4.85. The number of hydrogen-bond donors (Lipinski definition) is 1. The number of methoxy groups -OCH3 is 1. The van der Waals surface area contributed by atoms with Crippen molar-refractivity contribution < 1.29 is 23.8 Å². The molecule has 1 N–H and O–H groups in total. The molecule has 0 radical (unpaired) electrons. The van der Waals surface area contributed by atoms with Crippen LogP contribution in [0, 0.1) is 0 Å². The molecule has 0 spiro atoms. The zero-order valence-corrected chi connectivity index (χ0v) is 18.7. The first kappa shape index (κ1) is 21.9. The summed E-state index contributed by atoms with van der Waals surface area (Å²) in [6.45, 7) is 0. The van der Waals surface area contributed by atoms with E-state index < -0.39 is 17.9 Å². The molecular formula is C24H19NO5S2. The van der Waals surface area contributed by atoms with Crippen LogP contribution in [-0.4, -0.2) is 39.4 Å². The third-order valence-electron chi connectivity index (χ3n) is 4.97. The SMILES string of the molecule is COc1ccc(-c2ccc(/C=C3\SC(=S)N([C@@H](Cc4ccccc4)C(=O)O)C3=O)o2)cc1. The first-order valence-corrected chi connectivity index (χ1v) is 11.0. The molecule has 0 saturated carbocycles. The first-order chi connectivity index (χ1) is 15.5. The van der Waals surface area contributed by atoms with Crippen molar-refractivity contribution in [2.75, 3.05) is 7.11 Å². The molecule has 32 heavy (non-hydrogen) atoms. The molecule has 1 aliphatic rings. The summed E-state index contributed by atoms with van der Waals surface area (Å²) in [4.78, 5) is 26.5. The number of furan rings is 1. The van der Waals surface area contributed by atoms with Crippen molar-refractivity contribution in [3.63, 3.8) is 0 Å². The van der Waals surface area contributed by atoms with Gasteiger partial charge < -0.3 is 14.3 Å². The predicted molar refractivity (Wildman–Crippen MR) is 127 cm³/mol. The number of rotatable bonds is 7. The standard InChI is InChI=1S/C24H19NO5S2/c1-29-17-9-7-16(8-10-17)20-12-11-18(30-20)14-21-22(26)25(24(31)32-21)19(23(27)28)13-15-5-3-2-4-6-15/h2-12,14,19H,13H2,1H3,(H,27,28)/b21-14-/t19-/m0/s1. The molecule has 162 valence electrons. The van der Waals surface area contributed by atoms with Gasteiger partial charge in [0, 0.05) is 18.1 Å². The number of hydrogen-bond acceptors (Lipinski definition) is 6. The molecule has 3 aromatic rings. The highest BCUT2D eigenvalue weighted by Gasteiger charge is 2.40. The lowest BCUT2D eigenvalue weighted by atomic mass is 10.0. The highest BCUT2D eigenvalue weighted by Crippen LogP contribution is 2.35. The van der Waals surface area contributed by atoms with E-state index in [9.17, 15) is 14.7 Å². The number of thioether (sulfide) groups is 1. The number of carbonyl (C=O) groups is 2. The smallest absolute Gasteiger partial charge is 0.327 e. The Labute approximate surface area is 194 Å². The van der Waals surface area contributed by atoms with Gasteiger partial charge in [0.15, 0.2) is 0 Å². The molecule has 1 atom stereocenters. The van der Waals surface area contributed by atoms with Crippen molar-refractivity contribution >= 4 is 46.3 Å². The summed E-state index contributed by atoms with van der Waals surface area (Å²) in [5, 5.41) is 9.76. The van der Waals surface area contributed by atoms with Gasteiger partial charge in [0.2, 0.25) is 0 Å². The molecule has 0 aliphatic carbocycles. The lowest BCUT2D eigenvalue weighted by Gasteiger charge is -2.23. The van der Waals surface area contributed by atoms with Crippen LogP contribution >= 0.6 is 24.0 Å². The Morgan fingerprint density at radius 1 is 1.16 bits per heavy atom. The van der Waals surface area contributed by atoms with Gasteiger partial charge in [-0.15, -0.1) is 0 Å². The van der Waals surface area contributed by atoms with Crippen molar-refractivity contribution in [1.82, 2.24) is 4.90 Å². The van der Waals surface area contributed by atoms with E-state index in [1.807, 2.05) is 60.7 Å². The Morgan fingerprint density at radius 2 is 1.88 bits per heavy atom. The van der Waals surface area contributed by atoms with Crippen LogP contribution in [0.1, 0.15) is 11.3 Å². The quantitative estimate of drug-likeness (QED) is 0.395. The van der Waals surface area contributed by atoms with Crippen molar-refractivity contribution in [2.45, 2.75) is 12.5 Å². The second-order valence-corrected chi connectivity index (χ2v) is 8.70. The molecule has 6 nitrogen and oxygen atoms in total. The average Bonchev–Trinajstić information content (AvgIpc) is 3.37. The molecular weight excluding hydrogens is 446 g/mol. The normalized spacial score (nSPS) is 15.9. The zero-order valence-electron chi connectivity index (χ0n) is 17.1. The monoisotopic (exact) mass is 465 g/mol. The van der Waals surface area contributed by atoms with Crippen molar-refractivity contribution in [1.29, 1.82) is 0 Å². The van der Waals surface area contributed by atoms with E-state index in [-0.39, 0.29) is 10.7 Å². The van der Waals surface area contributed by atoms with Crippen molar-refractivity contribution in [3.8, 4) is 17.1 Å². The summed E-state index contributed by atoms with van der Waals surface area (Å²) in [5.74, 6) is 0.317. The summed E-state index contributed by atoms with van der Waals surface area (Å²) in [5.41, 5.74) is 1.68. The van der Waals surface area contributed by atoms with Gasteiger partial charge in [-0.05, 0) is 42.0 Å². The highest BCUT2D eigenvalue weighted by atomic mass is 32.2. The van der Waals surface area contributed by atoms with Gasteiger partial charge in [-0.1, -0.05) is 54.3 Å². The zero-order chi connectivity index (χ0) is 22.7. The lowest BCUT2D eigenvalue weighted by Crippen LogP contribution is -2.45. The number of thiocarbonyl (C=S) groups is 1.